The number of nitrogens with one attached hydrogen (secondary N) is 1. The van der Waals surface area contributed by atoms with E-state index in [9.17, 15) is 0 Å². The largest absolute Gasteiger partial charge is 0.358 e. The van der Waals surface area contributed by atoms with Crippen LogP contribution in [0.5, 0.6) is 0 Å². The lowest BCUT2D eigenvalue weighted by atomic mass is 10.1. The molecule has 0 fully saturated rings. The molecule has 0 aromatic heterocycles. The van der Waals surface area contributed by atoms with Crippen LogP contribution in [0.25, 0.3) is 0 Å². The molecule has 0 aromatic rings. The maximum atomic E-state index is 3.09. The first kappa shape index (κ1) is 4.86. The van der Waals surface area contributed by atoms with Crippen molar-refractivity contribution in [1.29, 1.82) is 0 Å². The van der Waals surface area contributed by atoms with Crippen LogP contribution in [0.4, 0.5) is 0 Å². The summed E-state index contributed by atoms with van der Waals surface area (Å²) in [6, 6.07) is 0. The molecule has 0 radical (unpaired) electrons. The summed E-state index contributed by atoms with van der Waals surface area (Å²) in [5, 5.41) is 3.09. The maximum absolute atomic E-state index is 3.09. The normalized spacial score (nSPS) is 22.2. The Morgan fingerprint density at radius 3 is 2.89 bits per heavy atom. The van der Waals surface area contributed by atoms with Crippen molar-refractivity contribution >= 4 is 0 Å². The second-order valence-corrected chi connectivity index (χ2v) is 2.36. The summed E-state index contributed by atoms with van der Waals surface area (Å²) in [6.07, 6.45) is 11.0. The highest BCUT2D eigenvalue weighted by atomic mass is 15.0. The fourth-order valence-electron chi connectivity index (χ4n) is 1.05. The zero-order valence-electron chi connectivity index (χ0n) is 5.22. The molecule has 0 aromatic carbocycles. The molecular formula is C8H9N. The van der Waals surface area contributed by atoms with E-state index in [0.29, 0.717) is 0 Å². The smallest absolute Gasteiger partial charge is 0.0576 e. The molecule has 2 rings (SSSR count). The Kier molecular flexibility index (Phi) is 0.950. The molecule has 1 N–H and O–H groups in total. The zero-order valence-corrected chi connectivity index (χ0v) is 5.22. The molecule has 1 heteroatoms. The van der Waals surface area contributed by atoms with Crippen molar-refractivity contribution in [2.45, 2.75) is 12.8 Å². The lowest BCUT2D eigenvalue weighted by Gasteiger charge is -2.01. The van der Waals surface area contributed by atoms with Crippen molar-refractivity contribution in [3.63, 3.8) is 0 Å². The van der Waals surface area contributed by atoms with Crippen molar-refractivity contribution < 1.29 is 0 Å². The lowest BCUT2D eigenvalue weighted by molar-refractivity contribution is 0.971. The molecule has 9 heavy (non-hydrogen) atoms. The van der Waals surface area contributed by atoms with E-state index in [0.717, 1.165) is 0 Å². The molecule has 1 aliphatic heterocycles. The highest BCUT2D eigenvalue weighted by molar-refractivity contribution is 5.42. The summed E-state index contributed by atoms with van der Waals surface area (Å²) in [7, 11) is 0. The summed E-state index contributed by atoms with van der Waals surface area (Å²) < 4.78 is 0. The zero-order chi connectivity index (χ0) is 6.10. The maximum Gasteiger partial charge on any atom is 0.0576 e. The average molecular weight is 119 g/mol. The molecule has 1 nitrogen and oxygen atoms in total. The number of rotatable bonds is 1. The van der Waals surface area contributed by atoms with Crippen LogP contribution in [-0.4, -0.2) is 0 Å². The SMILES string of the molecule is C1=CCCC(C2=CN2)=C1. The molecule has 0 spiro atoms. The molecule has 0 bridgehead atoms. The molecule has 46 valence electrons. The summed E-state index contributed by atoms with van der Waals surface area (Å²) in [5.74, 6) is 0. The van der Waals surface area contributed by atoms with Crippen LogP contribution in [0.15, 0.2) is 35.7 Å². The first-order valence-corrected chi connectivity index (χ1v) is 3.29. The Morgan fingerprint density at radius 2 is 2.33 bits per heavy atom. The van der Waals surface area contributed by atoms with Crippen LogP contribution in [0.3, 0.4) is 0 Å². The first-order chi connectivity index (χ1) is 4.47. The molecule has 0 atom stereocenters. The molecule has 0 unspecified atom stereocenters. The van der Waals surface area contributed by atoms with Crippen LogP contribution in [-0.2, 0) is 0 Å². The standard InChI is InChI=1S/C8H9N/c1-2-4-7(5-3-1)8-6-9-8/h1-2,4,6,9H,3,5H2. The van der Waals surface area contributed by atoms with Gasteiger partial charge in [0.05, 0.1) is 5.70 Å². The van der Waals surface area contributed by atoms with E-state index in [4.69, 9.17) is 0 Å². The summed E-state index contributed by atoms with van der Waals surface area (Å²) >= 11 is 0. The van der Waals surface area contributed by atoms with Crippen molar-refractivity contribution in [1.82, 2.24) is 5.32 Å². The van der Waals surface area contributed by atoms with Gasteiger partial charge in [0.15, 0.2) is 0 Å². The minimum Gasteiger partial charge on any atom is -0.358 e. The first-order valence-electron chi connectivity index (χ1n) is 3.29. The Morgan fingerprint density at radius 1 is 1.44 bits per heavy atom. The van der Waals surface area contributed by atoms with Gasteiger partial charge in [-0.25, -0.2) is 0 Å². The molecule has 1 aliphatic carbocycles. The second kappa shape index (κ2) is 1.76. The summed E-state index contributed by atoms with van der Waals surface area (Å²) in [4.78, 5) is 0. The van der Waals surface area contributed by atoms with Gasteiger partial charge in [-0.2, -0.15) is 0 Å². The minimum atomic E-state index is 1.20. The average Bonchev–Trinajstić information content (AvgIpc) is 2.71. The minimum absolute atomic E-state index is 1.20. The van der Waals surface area contributed by atoms with E-state index in [1.165, 1.54) is 24.1 Å². The van der Waals surface area contributed by atoms with Gasteiger partial charge < -0.3 is 5.32 Å². The number of hydrogen-bond donors (Lipinski definition) is 1. The lowest BCUT2D eigenvalue weighted by Crippen LogP contribution is -1.88. The van der Waals surface area contributed by atoms with Crippen molar-refractivity contribution in [2.75, 3.05) is 0 Å². The van der Waals surface area contributed by atoms with Gasteiger partial charge >= 0.3 is 0 Å². The Balaban J connectivity index is 2.17. The molecular weight excluding hydrogens is 110 g/mol. The van der Waals surface area contributed by atoms with Crippen LogP contribution in [0.1, 0.15) is 12.8 Å². The van der Waals surface area contributed by atoms with Gasteiger partial charge in [-0.1, -0.05) is 18.2 Å². The molecule has 1 heterocycles. The Bertz CT molecular complexity index is 209. The third-order valence-electron chi connectivity index (χ3n) is 1.65. The molecule has 0 amide bonds. The van der Waals surface area contributed by atoms with E-state index in [2.05, 4.69) is 23.5 Å². The van der Waals surface area contributed by atoms with E-state index in [1.807, 2.05) is 6.20 Å². The van der Waals surface area contributed by atoms with E-state index >= 15 is 0 Å². The van der Waals surface area contributed by atoms with Crippen molar-refractivity contribution in [2.24, 2.45) is 0 Å². The number of hydrogen-bond acceptors (Lipinski definition) is 1. The van der Waals surface area contributed by atoms with Gasteiger partial charge in [0.25, 0.3) is 0 Å². The molecule has 0 saturated heterocycles. The van der Waals surface area contributed by atoms with E-state index in [-0.39, 0.29) is 0 Å². The third kappa shape index (κ3) is 0.900. The highest BCUT2D eigenvalue weighted by Crippen LogP contribution is 2.22. The fourth-order valence-corrected chi connectivity index (χ4v) is 1.05. The summed E-state index contributed by atoms with van der Waals surface area (Å²) in [5.41, 5.74) is 2.79. The Labute approximate surface area is 54.8 Å². The Hall–Kier alpha value is -0.980. The number of allylic oxidation sites excluding steroid dienone is 4. The van der Waals surface area contributed by atoms with Gasteiger partial charge in [0, 0.05) is 6.20 Å². The van der Waals surface area contributed by atoms with Crippen LogP contribution >= 0.6 is 0 Å². The van der Waals surface area contributed by atoms with Crippen molar-refractivity contribution in [3.8, 4) is 0 Å². The second-order valence-electron chi connectivity index (χ2n) is 2.36. The molecule has 2 aliphatic rings. The predicted molar refractivity (Wildman–Crippen MR) is 37.7 cm³/mol. The van der Waals surface area contributed by atoms with Gasteiger partial charge in [0.1, 0.15) is 0 Å². The topological polar surface area (TPSA) is 21.9 Å². The predicted octanol–water partition coefficient (Wildman–Crippen LogP) is 1.71. The van der Waals surface area contributed by atoms with Gasteiger partial charge in [-0.3, -0.25) is 0 Å². The van der Waals surface area contributed by atoms with Crippen LogP contribution in [0.2, 0.25) is 0 Å². The van der Waals surface area contributed by atoms with Crippen LogP contribution in [0, 0.1) is 0 Å². The highest BCUT2D eigenvalue weighted by Gasteiger charge is 2.11. The fraction of sp³-hybridized carbons (Fsp3) is 0.250. The quantitative estimate of drug-likeness (QED) is 0.557. The third-order valence-corrected chi connectivity index (χ3v) is 1.65. The van der Waals surface area contributed by atoms with E-state index < -0.39 is 0 Å². The summed E-state index contributed by atoms with van der Waals surface area (Å²) in [6.45, 7) is 0. The molecule has 0 saturated carbocycles. The van der Waals surface area contributed by atoms with Crippen LogP contribution < -0.4 is 5.32 Å². The monoisotopic (exact) mass is 119 g/mol. The van der Waals surface area contributed by atoms with Gasteiger partial charge in [-0.05, 0) is 18.4 Å². The van der Waals surface area contributed by atoms with E-state index in [1.54, 1.807) is 0 Å². The van der Waals surface area contributed by atoms with Gasteiger partial charge in [0.2, 0.25) is 0 Å². The van der Waals surface area contributed by atoms with Gasteiger partial charge in [-0.15, -0.1) is 0 Å². The van der Waals surface area contributed by atoms with Crippen molar-refractivity contribution in [3.05, 3.63) is 35.7 Å².